The van der Waals surface area contributed by atoms with E-state index in [9.17, 15) is 4.79 Å². The highest BCUT2D eigenvalue weighted by Gasteiger charge is 2.33. The Labute approximate surface area is 179 Å². The molecule has 3 aromatic rings. The number of ether oxygens (including phenoxy) is 1. The molecule has 2 N–H and O–H groups in total. The summed E-state index contributed by atoms with van der Waals surface area (Å²) in [5, 5.41) is 10.7. The third-order valence-electron chi connectivity index (χ3n) is 6.04. The van der Waals surface area contributed by atoms with Gasteiger partial charge in [0.1, 0.15) is 12.0 Å². The number of hydrogen-bond donors (Lipinski definition) is 2. The van der Waals surface area contributed by atoms with Crippen LogP contribution in [0.1, 0.15) is 31.4 Å². The van der Waals surface area contributed by atoms with Crippen molar-refractivity contribution in [3.05, 3.63) is 30.4 Å². The van der Waals surface area contributed by atoms with Gasteiger partial charge in [-0.2, -0.15) is 0 Å². The molecule has 1 aliphatic carbocycles. The van der Waals surface area contributed by atoms with E-state index in [4.69, 9.17) is 9.72 Å². The van der Waals surface area contributed by atoms with Gasteiger partial charge in [-0.15, -0.1) is 10.2 Å². The summed E-state index contributed by atoms with van der Waals surface area (Å²) < 4.78 is 5.50. The summed E-state index contributed by atoms with van der Waals surface area (Å²) in [7, 11) is 1.76. The zero-order valence-corrected chi connectivity index (χ0v) is 17.5. The molecule has 10 heteroatoms. The SMILES string of the molecule is CO[C@H]1CC[C@H](N2CC(=O)Nc3ncc(-c4ccc(-c5nnc[nH]5)nc4C)nc32)CC1. The first-order valence-electron chi connectivity index (χ1n) is 10.4. The average Bonchev–Trinajstić information content (AvgIpc) is 3.33. The summed E-state index contributed by atoms with van der Waals surface area (Å²) >= 11 is 0. The average molecular weight is 420 g/mol. The third kappa shape index (κ3) is 3.74. The Morgan fingerprint density at radius 3 is 2.68 bits per heavy atom. The van der Waals surface area contributed by atoms with Gasteiger partial charge >= 0.3 is 0 Å². The van der Waals surface area contributed by atoms with Crippen LogP contribution in [0.25, 0.3) is 22.8 Å². The number of anilines is 2. The number of aromatic nitrogens is 6. The lowest BCUT2D eigenvalue weighted by Gasteiger charge is -2.39. The number of nitrogens with zero attached hydrogens (tertiary/aromatic N) is 6. The Morgan fingerprint density at radius 2 is 1.97 bits per heavy atom. The van der Waals surface area contributed by atoms with Crippen molar-refractivity contribution in [2.24, 2.45) is 0 Å². The van der Waals surface area contributed by atoms with Crippen LogP contribution in [0.15, 0.2) is 24.7 Å². The first-order valence-corrected chi connectivity index (χ1v) is 10.4. The highest BCUT2D eigenvalue weighted by molar-refractivity contribution is 5.99. The Kier molecular flexibility index (Phi) is 5.06. The number of aromatic amines is 1. The maximum absolute atomic E-state index is 12.3. The van der Waals surface area contributed by atoms with Crippen molar-refractivity contribution in [1.29, 1.82) is 0 Å². The van der Waals surface area contributed by atoms with E-state index in [0.29, 0.717) is 23.4 Å². The number of aryl methyl sites for hydroxylation is 1. The Hall–Kier alpha value is -3.40. The van der Waals surface area contributed by atoms with E-state index >= 15 is 0 Å². The second-order valence-electron chi connectivity index (χ2n) is 7.94. The van der Waals surface area contributed by atoms with Crippen molar-refractivity contribution >= 4 is 17.5 Å². The number of fused-ring (bicyclic) bond motifs is 1. The second-order valence-corrected chi connectivity index (χ2v) is 7.94. The maximum atomic E-state index is 12.3. The molecular weight excluding hydrogens is 396 g/mol. The molecule has 0 aromatic carbocycles. The number of amides is 1. The van der Waals surface area contributed by atoms with Crippen LogP contribution in [0, 0.1) is 6.92 Å². The molecule has 5 rings (SSSR count). The van der Waals surface area contributed by atoms with Gasteiger partial charge < -0.3 is 19.9 Å². The quantitative estimate of drug-likeness (QED) is 0.660. The van der Waals surface area contributed by atoms with Crippen molar-refractivity contribution in [2.45, 2.75) is 44.8 Å². The van der Waals surface area contributed by atoms with E-state index in [2.05, 4.69) is 35.4 Å². The van der Waals surface area contributed by atoms with Crippen LogP contribution in [0.2, 0.25) is 0 Å². The normalized spacial score (nSPS) is 21.0. The van der Waals surface area contributed by atoms with Crippen molar-refractivity contribution in [1.82, 2.24) is 30.1 Å². The molecule has 0 atom stereocenters. The maximum Gasteiger partial charge on any atom is 0.245 e. The van der Waals surface area contributed by atoms with E-state index < -0.39 is 0 Å². The minimum Gasteiger partial charge on any atom is -0.381 e. The highest BCUT2D eigenvalue weighted by Crippen LogP contribution is 2.35. The van der Waals surface area contributed by atoms with Crippen LogP contribution in [0.3, 0.4) is 0 Å². The number of rotatable bonds is 4. The Morgan fingerprint density at radius 1 is 1.13 bits per heavy atom. The standard InChI is InChI=1S/C21H24N8O2/c1-12-15(7-8-16(25-12)19-23-11-24-28-19)17-9-22-20-21(26-17)29(10-18(30)27-20)13-3-5-14(31-2)6-4-13/h7-9,11,13-14H,3-6,10H2,1-2H3,(H,22,27,30)(H,23,24,28)/t13-,14-. The van der Waals surface area contributed by atoms with E-state index in [1.54, 1.807) is 13.3 Å². The minimum absolute atomic E-state index is 0.0577. The molecule has 1 fully saturated rings. The summed E-state index contributed by atoms with van der Waals surface area (Å²) in [6.45, 7) is 2.22. The van der Waals surface area contributed by atoms with Gasteiger partial charge in [-0.05, 0) is 44.7 Å². The van der Waals surface area contributed by atoms with Crippen LogP contribution >= 0.6 is 0 Å². The topological polar surface area (TPSA) is 122 Å². The molecule has 0 bridgehead atoms. The fraction of sp³-hybridized carbons (Fsp3) is 0.429. The number of nitrogens with one attached hydrogen (secondary N) is 2. The first kappa shape index (κ1) is 19.6. The number of H-pyrrole nitrogens is 1. The van der Waals surface area contributed by atoms with Crippen LogP contribution in [-0.2, 0) is 9.53 Å². The smallest absolute Gasteiger partial charge is 0.245 e. The summed E-state index contributed by atoms with van der Waals surface area (Å²) in [6, 6.07) is 4.09. The minimum atomic E-state index is -0.0577. The Balaban J connectivity index is 1.47. The number of hydrogen-bond acceptors (Lipinski definition) is 8. The lowest BCUT2D eigenvalue weighted by atomic mass is 9.91. The van der Waals surface area contributed by atoms with Crippen molar-refractivity contribution in [3.8, 4) is 22.8 Å². The molecule has 0 radical (unpaired) electrons. The zero-order valence-electron chi connectivity index (χ0n) is 17.5. The van der Waals surface area contributed by atoms with Gasteiger partial charge in [-0.25, -0.2) is 15.0 Å². The predicted octanol–water partition coefficient (Wildman–Crippen LogP) is 2.35. The van der Waals surface area contributed by atoms with Crippen LogP contribution < -0.4 is 10.2 Å². The van der Waals surface area contributed by atoms with Gasteiger partial charge in [0.15, 0.2) is 17.5 Å². The molecule has 3 aromatic heterocycles. The van der Waals surface area contributed by atoms with Crippen LogP contribution in [0.4, 0.5) is 11.6 Å². The molecule has 31 heavy (non-hydrogen) atoms. The zero-order chi connectivity index (χ0) is 21.4. The second kappa shape index (κ2) is 8.03. The van der Waals surface area contributed by atoms with Crippen molar-refractivity contribution < 1.29 is 9.53 Å². The predicted molar refractivity (Wildman–Crippen MR) is 114 cm³/mol. The van der Waals surface area contributed by atoms with Gasteiger partial charge in [-0.1, -0.05) is 0 Å². The van der Waals surface area contributed by atoms with E-state index in [1.807, 2.05) is 19.1 Å². The van der Waals surface area contributed by atoms with E-state index in [0.717, 1.165) is 48.5 Å². The molecule has 1 saturated carbocycles. The third-order valence-corrected chi connectivity index (χ3v) is 6.04. The molecule has 1 aliphatic heterocycles. The summed E-state index contributed by atoms with van der Waals surface area (Å²) in [6.07, 6.45) is 7.39. The van der Waals surface area contributed by atoms with Crippen LogP contribution in [-0.4, -0.2) is 61.8 Å². The molecule has 160 valence electrons. The number of pyridine rings is 1. The molecule has 0 saturated heterocycles. The molecular formula is C21H24N8O2. The lowest BCUT2D eigenvalue weighted by Crippen LogP contribution is -2.47. The van der Waals surface area contributed by atoms with E-state index in [1.165, 1.54) is 6.33 Å². The fourth-order valence-electron chi connectivity index (χ4n) is 4.39. The van der Waals surface area contributed by atoms with Gasteiger partial charge in [0.2, 0.25) is 5.91 Å². The Bertz CT molecular complexity index is 1090. The van der Waals surface area contributed by atoms with Crippen LogP contribution in [0.5, 0.6) is 0 Å². The molecule has 10 nitrogen and oxygen atoms in total. The molecule has 4 heterocycles. The van der Waals surface area contributed by atoms with Gasteiger partial charge in [-0.3, -0.25) is 4.79 Å². The van der Waals surface area contributed by atoms with Crippen molar-refractivity contribution in [3.63, 3.8) is 0 Å². The fourth-order valence-corrected chi connectivity index (χ4v) is 4.39. The largest absolute Gasteiger partial charge is 0.381 e. The molecule has 0 unspecified atom stereocenters. The lowest BCUT2D eigenvalue weighted by molar-refractivity contribution is -0.115. The summed E-state index contributed by atoms with van der Waals surface area (Å²) in [5.74, 6) is 1.79. The highest BCUT2D eigenvalue weighted by atomic mass is 16.5. The number of methoxy groups -OCH3 is 1. The van der Waals surface area contributed by atoms with E-state index in [-0.39, 0.29) is 18.5 Å². The molecule has 0 spiro atoms. The van der Waals surface area contributed by atoms with Gasteiger partial charge in [0, 0.05) is 24.4 Å². The van der Waals surface area contributed by atoms with Crippen molar-refractivity contribution in [2.75, 3.05) is 23.9 Å². The summed E-state index contributed by atoms with van der Waals surface area (Å²) in [4.78, 5) is 31.4. The van der Waals surface area contributed by atoms with Gasteiger partial charge in [0.25, 0.3) is 0 Å². The monoisotopic (exact) mass is 420 g/mol. The first-order chi connectivity index (χ1) is 15.1. The number of carbonyl (C=O) groups is 1. The molecule has 2 aliphatic rings. The number of carbonyl (C=O) groups excluding carboxylic acids is 1. The van der Waals surface area contributed by atoms with Gasteiger partial charge in [0.05, 0.1) is 24.5 Å². The summed E-state index contributed by atoms with van der Waals surface area (Å²) in [5.41, 5.74) is 3.14. The molecule has 1 amide bonds.